The Hall–Kier alpha value is 0.220. The lowest BCUT2D eigenvalue weighted by atomic mass is 10.1. The number of aliphatic imine (C=N–C) groups is 1. The minimum Gasteiger partial charge on any atom is -0.355 e. The second kappa shape index (κ2) is 12.2. The molecule has 1 aliphatic carbocycles. The van der Waals surface area contributed by atoms with Crippen LogP contribution in [0.3, 0.4) is 0 Å². The zero-order chi connectivity index (χ0) is 19.1. The number of hydrogen-bond donors (Lipinski definition) is 2. The van der Waals surface area contributed by atoms with Crippen molar-refractivity contribution in [1.29, 1.82) is 0 Å². The fraction of sp³-hybridized carbons (Fsp3) is 0.944. The molecule has 0 amide bonds. The molecule has 2 saturated heterocycles. The molecule has 2 N–H and O–H groups in total. The molecule has 3 fully saturated rings. The van der Waals surface area contributed by atoms with E-state index < -0.39 is 10.0 Å². The maximum absolute atomic E-state index is 12.4. The van der Waals surface area contributed by atoms with Crippen molar-refractivity contribution in [3.63, 3.8) is 0 Å². The quantitative estimate of drug-likeness (QED) is 0.286. The van der Waals surface area contributed by atoms with E-state index in [1.807, 2.05) is 11.8 Å². The number of guanidine groups is 1. The number of rotatable bonds is 7. The Kier molecular flexibility index (Phi) is 10.6. The van der Waals surface area contributed by atoms with Gasteiger partial charge in [-0.05, 0) is 25.2 Å². The molecule has 2 aliphatic heterocycles. The Bertz CT molecular complexity index is 593. The van der Waals surface area contributed by atoms with Gasteiger partial charge in [-0.25, -0.2) is 12.7 Å². The molecular weight excluding hydrogens is 509 g/mol. The minimum absolute atomic E-state index is 0. The summed E-state index contributed by atoms with van der Waals surface area (Å²) in [5.74, 6) is 3.52. The van der Waals surface area contributed by atoms with E-state index >= 15 is 0 Å². The van der Waals surface area contributed by atoms with Crippen LogP contribution in [0, 0.1) is 5.92 Å². The van der Waals surface area contributed by atoms with E-state index in [0.717, 1.165) is 36.9 Å². The average molecular weight is 546 g/mol. The molecule has 0 radical (unpaired) electrons. The van der Waals surface area contributed by atoms with Crippen LogP contribution in [0.2, 0.25) is 0 Å². The van der Waals surface area contributed by atoms with Gasteiger partial charge >= 0.3 is 0 Å². The summed E-state index contributed by atoms with van der Waals surface area (Å²) in [4.78, 5) is 6.85. The summed E-state index contributed by atoms with van der Waals surface area (Å²) >= 11 is 1.82. The van der Waals surface area contributed by atoms with Crippen LogP contribution < -0.4 is 10.6 Å². The van der Waals surface area contributed by atoms with Crippen molar-refractivity contribution in [2.75, 3.05) is 63.6 Å². The summed E-state index contributed by atoms with van der Waals surface area (Å²) in [6, 6.07) is 0.397. The molecule has 0 aromatic rings. The molecule has 7 nitrogen and oxygen atoms in total. The van der Waals surface area contributed by atoms with Gasteiger partial charge in [-0.1, -0.05) is 12.8 Å². The standard InChI is InChI=1S/C18H35N5O2S2.HI/c1-19-18(20-7-13-27(24,25)23-9-11-26-12-10-23)21-17-6-8-22(15-17)14-16-4-2-3-5-16;/h16-17H,2-15H2,1H3,(H2,19,20,21);1H. The van der Waals surface area contributed by atoms with Crippen LogP contribution in [0.25, 0.3) is 0 Å². The number of nitrogens with one attached hydrogen (secondary N) is 2. The first-order valence-corrected chi connectivity index (χ1v) is 13.1. The van der Waals surface area contributed by atoms with Crippen LogP contribution in [0.5, 0.6) is 0 Å². The predicted octanol–water partition coefficient (Wildman–Crippen LogP) is 1.41. The average Bonchev–Trinajstić information content (AvgIpc) is 3.34. The van der Waals surface area contributed by atoms with E-state index in [0.29, 0.717) is 31.6 Å². The highest BCUT2D eigenvalue weighted by Gasteiger charge is 2.27. The van der Waals surface area contributed by atoms with Gasteiger partial charge in [-0.2, -0.15) is 11.8 Å². The molecule has 164 valence electrons. The van der Waals surface area contributed by atoms with E-state index in [4.69, 9.17) is 0 Å². The number of likely N-dealkylation sites (tertiary alicyclic amines) is 1. The summed E-state index contributed by atoms with van der Waals surface area (Å²) in [5, 5.41) is 6.66. The van der Waals surface area contributed by atoms with Gasteiger partial charge in [0.15, 0.2) is 5.96 Å². The van der Waals surface area contributed by atoms with Crippen molar-refractivity contribution >= 4 is 51.7 Å². The number of hydrogen-bond acceptors (Lipinski definition) is 5. The number of thioether (sulfide) groups is 1. The smallest absolute Gasteiger partial charge is 0.215 e. The Labute approximate surface area is 191 Å². The Morgan fingerprint density at radius 3 is 2.54 bits per heavy atom. The fourth-order valence-corrected chi connectivity index (χ4v) is 6.81. The van der Waals surface area contributed by atoms with Gasteiger partial charge < -0.3 is 15.5 Å². The molecule has 1 saturated carbocycles. The Morgan fingerprint density at radius 2 is 1.86 bits per heavy atom. The second-order valence-corrected chi connectivity index (χ2v) is 11.2. The van der Waals surface area contributed by atoms with Crippen LogP contribution in [0.4, 0.5) is 0 Å². The van der Waals surface area contributed by atoms with Crippen molar-refractivity contribution < 1.29 is 8.42 Å². The molecule has 1 unspecified atom stereocenters. The molecule has 0 aromatic carbocycles. The van der Waals surface area contributed by atoms with Crippen LogP contribution in [0.1, 0.15) is 32.1 Å². The first-order chi connectivity index (χ1) is 13.1. The van der Waals surface area contributed by atoms with Crippen LogP contribution in [0.15, 0.2) is 4.99 Å². The highest BCUT2D eigenvalue weighted by Crippen LogP contribution is 2.26. The Balaban J connectivity index is 0.00000280. The highest BCUT2D eigenvalue weighted by molar-refractivity contribution is 14.0. The number of nitrogens with zero attached hydrogens (tertiary/aromatic N) is 3. The fourth-order valence-electron chi connectivity index (χ4n) is 4.31. The zero-order valence-electron chi connectivity index (χ0n) is 16.9. The molecular formula is C18H36IN5O2S2. The summed E-state index contributed by atoms with van der Waals surface area (Å²) < 4.78 is 26.5. The summed E-state index contributed by atoms with van der Waals surface area (Å²) in [6.45, 7) is 5.10. The lowest BCUT2D eigenvalue weighted by Gasteiger charge is -2.26. The SMILES string of the molecule is CN=C(NCCS(=O)(=O)N1CCSCC1)NC1CCN(CC2CCCC2)C1.I. The Morgan fingerprint density at radius 1 is 1.14 bits per heavy atom. The summed E-state index contributed by atoms with van der Waals surface area (Å²) in [5.41, 5.74) is 0. The lowest BCUT2D eigenvalue weighted by molar-refractivity contribution is 0.275. The summed E-state index contributed by atoms with van der Waals surface area (Å²) in [7, 11) is -1.42. The van der Waals surface area contributed by atoms with Crippen molar-refractivity contribution in [3.05, 3.63) is 0 Å². The van der Waals surface area contributed by atoms with E-state index in [1.165, 1.54) is 32.2 Å². The number of halogens is 1. The van der Waals surface area contributed by atoms with Crippen molar-refractivity contribution in [2.24, 2.45) is 10.9 Å². The van der Waals surface area contributed by atoms with Crippen LogP contribution in [-0.4, -0.2) is 93.2 Å². The molecule has 3 aliphatic rings. The van der Waals surface area contributed by atoms with Gasteiger partial charge in [0.05, 0.1) is 5.75 Å². The minimum atomic E-state index is -3.17. The molecule has 0 aromatic heterocycles. The monoisotopic (exact) mass is 545 g/mol. The van der Waals surface area contributed by atoms with Gasteiger partial charge in [0.2, 0.25) is 10.0 Å². The van der Waals surface area contributed by atoms with E-state index in [-0.39, 0.29) is 29.7 Å². The van der Waals surface area contributed by atoms with Gasteiger partial charge in [0.1, 0.15) is 0 Å². The van der Waals surface area contributed by atoms with Gasteiger partial charge in [-0.3, -0.25) is 4.99 Å². The maximum Gasteiger partial charge on any atom is 0.215 e. The summed E-state index contributed by atoms with van der Waals surface area (Å²) in [6.07, 6.45) is 6.70. The van der Waals surface area contributed by atoms with Crippen molar-refractivity contribution in [1.82, 2.24) is 19.8 Å². The molecule has 0 spiro atoms. The molecule has 3 rings (SSSR count). The van der Waals surface area contributed by atoms with E-state index in [1.54, 1.807) is 11.4 Å². The largest absolute Gasteiger partial charge is 0.355 e. The molecule has 0 bridgehead atoms. The van der Waals surface area contributed by atoms with Gasteiger partial charge in [0.25, 0.3) is 0 Å². The van der Waals surface area contributed by atoms with E-state index in [2.05, 4.69) is 20.5 Å². The third-order valence-corrected chi connectivity index (χ3v) is 8.66. The van der Waals surface area contributed by atoms with Crippen molar-refractivity contribution in [3.8, 4) is 0 Å². The first-order valence-electron chi connectivity index (χ1n) is 10.3. The van der Waals surface area contributed by atoms with Gasteiger partial charge in [0, 0.05) is 63.9 Å². The third-order valence-electron chi connectivity index (χ3n) is 5.84. The molecule has 1 atom stereocenters. The molecule has 10 heteroatoms. The van der Waals surface area contributed by atoms with Crippen LogP contribution in [-0.2, 0) is 10.0 Å². The second-order valence-electron chi connectivity index (χ2n) is 7.87. The maximum atomic E-state index is 12.4. The van der Waals surface area contributed by atoms with Gasteiger partial charge in [-0.15, -0.1) is 24.0 Å². The normalized spacial score (nSPS) is 25.6. The van der Waals surface area contributed by atoms with Crippen LogP contribution >= 0.6 is 35.7 Å². The topological polar surface area (TPSA) is 77.0 Å². The predicted molar refractivity (Wildman–Crippen MR) is 129 cm³/mol. The highest BCUT2D eigenvalue weighted by atomic mass is 127. The number of sulfonamides is 1. The van der Waals surface area contributed by atoms with Crippen molar-refractivity contribution in [2.45, 2.75) is 38.1 Å². The van der Waals surface area contributed by atoms with E-state index in [9.17, 15) is 8.42 Å². The lowest BCUT2D eigenvalue weighted by Crippen LogP contribution is -2.47. The first kappa shape index (κ1) is 24.5. The molecule has 2 heterocycles. The molecule has 28 heavy (non-hydrogen) atoms. The third kappa shape index (κ3) is 7.48. The zero-order valence-corrected chi connectivity index (χ0v) is 20.9.